The highest BCUT2D eigenvalue weighted by atomic mass is 16.5. The number of hydrogen-bond acceptors (Lipinski definition) is 3. The number of amides is 1. The number of ether oxygens (including phenoxy) is 1. The molecule has 0 fully saturated rings. The first-order valence-electron chi connectivity index (χ1n) is 10.9. The molecule has 0 aromatic heterocycles. The molecule has 0 saturated carbocycles. The molecule has 31 heavy (non-hydrogen) atoms. The molecule has 1 N–H and O–H groups in total. The van der Waals surface area contributed by atoms with Gasteiger partial charge in [0.1, 0.15) is 11.5 Å². The Balaban J connectivity index is 1.75. The van der Waals surface area contributed by atoms with Gasteiger partial charge < -0.3 is 14.7 Å². The Morgan fingerprint density at radius 1 is 1.16 bits per heavy atom. The smallest absolute Gasteiger partial charge is 0.254 e. The van der Waals surface area contributed by atoms with E-state index in [1.165, 1.54) is 16.7 Å². The second kappa shape index (κ2) is 10.3. The maximum absolute atomic E-state index is 12.9. The summed E-state index contributed by atoms with van der Waals surface area (Å²) in [6.45, 7) is 7.39. The lowest BCUT2D eigenvalue weighted by molar-refractivity contribution is 0.0780. The summed E-state index contributed by atoms with van der Waals surface area (Å²) >= 11 is 0. The Kier molecular flexibility index (Phi) is 7.56. The molecule has 0 unspecified atom stereocenters. The average Bonchev–Trinajstić information content (AvgIpc) is 3.07. The Hall–Kier alpha value is -3.01. The van der Waals surface area contributed by atoms with Crippen LogP contribution in [0, 0.1) is 0 Å². The second-order valence-electron chi connectivity index (χ2n) is 8.47. The van der Waals surface area contributed by atoms with Crippen LogP contribution in [0.15, 0.2) is 59.7 Å². The molecule has 0 saturated heterocycles. The van der Waals surface area contributed by atoms with E-state index in [1.54, 1.807) is 18.1 Å². The van der Waals surface area contributed by atoms with Gasteiger partial charge in [-0.25, -0.2) is 0 Å². The van der Waals surface area contributed by atoms with E-state index >= 15 is 0 Å². The fraction of sp³-hybridized carbons (Fsp3) is 0.370. The van der Waals surface area contributed by atoms with Crippen molar-refractivity contribution in [3.05, 3.63) is 82.0 Å². The quantitative estimate of drug-likeness (QED) is 0.520. The van der Waals surface area contributed by atoms with E-state index in [0.717, 1.165) is 24.8 Å². The summed E-state index contributed by atoms with van der Waals surface area (Å²) in [7, 11) is 1.59. The number of nitrogens with zero attached hydrogens (tertiary/aromatic N) is 1. The first-order valence-corrected chi connectivity index (χ1v) is 10.9. The number of aromatic hydroxyl groups is 1. The summed E-state index contributed by atoms with van der Waals surface area (Å²) < 4.78 is 5.54. The third-order valence-electron chi connectivity index (χ3n) is 5.82. The van der Waals surface area contributed by atoms with Gasteiger partial charge in [0.15, 0.2) is 0 Å². The molecular formula is C27H33NO3. The molecule has 1 heterocycles. The van der Waals surface area contributed by atoms with Crippen molar-refractivity contribution in [2.75, 3.05) is 13.7 Å². The molecule has 1 amide bonds. The normalized spacial score (nSPS) is 13.4. The number of hydrogen-bond donors (Lipinski definition) is 1. The van der Waals surface area contributed by atoms with Crippen molar-refractivity contribution in [3.8, 4) is 11.5 Å². The van der Waals surface area contributed by atoms with Crippen molar-refractivity contribution in [1.82, 2.24) is 4.90 Å². The minimum Gasteiger partial charge on any atom is -0.507 e. The Bertz CT molecular complexity index is 985. The van der Waals surface area contributed by atoms with E-state index in [4.69, 9.17) is 4.74 Å². The third-order valence-corrected chi connectivity index (χ3v) is 5.82. The summed E-state index contributed by atoms with van der Waals surface area (Å²) in [5.41, 5.74) is 5.81. The van der Waals surface area contributed by atoms with Crippen LogP contribution in [-0.4, -0.2) is 29.6 Å². The van der Waals surface area contributed by atoms with Crippen LogP contribution in [0.2, 0.25) is 0 Å². The molecule has 1 aliphatic rings. The average molecular weight is 420 g/mol. The van der Waals surface area contributed by atoms with Crippen LogP contribution < -0.4 is 4.74 Å². The molecule has 0 spiro atoms. The Morgan fingerprint density at radius 3 is 2.58 bits per heavy atom. The van der Waals surface area contributed by atoms with Crippen LogP contribution in [0.3, 0.4) is 0 Å². The maximum Gasteiger partial charge on any atom is 0.254 e. The first kappa shape index (κ1) is 22.7. The summed E-state index contributed by atoms with van der Waals surface area (Å²) in [5.74, 6) is 0.723. The second-order valence-corrected chi connectivity index (χ2v) is 8.47. The number of carbonyl (C=O) groups is 1. The van der Waals surface area contributed by atoms with Crippen LogP contribution >= 0.6 is 0 Å². The fourth-order valence-electron chi connectivity index (χ4n) is 3.95. The molecule has 2 aromatic rings. The number of phenols is 1. The van der Waals surface area contributed by atoms with Crippen molar-refractivity contribution in [3.63, 3.8) is 0 Å². The minimum atomic E-state index is -0.0421. The van der Waals surface area contributed by atoms with Gasteiger partial charge in [0, 0.05) is 17.7 Å². The van der Waals surface area contributed by atoms with E-state index in [-0.39, 0.29) is 11.7 Å². The first-order chi connectivity index (χ1) is 14.9. The molecule has 0 aliphatic carbocycles. The van der Waals surface area contributed by atoms with E-state index in [9.17, 15) is 9.90 Å². The summed E-state index contributed by atoms with van der Waals surface area (Å²) in [6, 6.07) is 11.9. The van der Waals surface area contributed by atoms with Crippen molar-refractivity contribution >= 4 is 5.91 Å². The highest BCUT2D eigenvalue weighted by Gasteiger charge is 2.32. The van der Waals surface area contributed by atoms with Gasteiger partial charge in [0.25, 0.3) is 5.91 Å². The van der Waals surface area contributed by atoms with Crippen LogP contribution in [-0.2, 0) is 19.4 Å². The van der Waals surface area contributed by atoms with E-state index in [0.29, 0.717) is 36.4 Å². The number of allylic oxidation sites excluding steroid dienone is 4. The highest BCUT2D eigenvalue weighted by molar-refractivity contribution is 6.00. The van der Waals surface area contributed by atoms with Crippen LogP contribution in [0.25, 0.3) is 0 Å². The lowest BCUT2D eigenvalue weighted by Crippen LogP contribution is -2.26. The van der Waals surface area contributed by atoms with Crippen LogP contribution in [0.5, 0.6) is 11.5 Å². The van der Waals surface area contributed by atoms with Crippen LogP contribution in [0.1, 0.15) is 60.7 Å². The van der Waals surface area contributed by atoms with Crippen molar-refractivity contribution < 1.29 is 14.6 Å². The minimum absolute atomic E-state index is 0.0421. The Labute approximate surface area is 185 Å². The molecule has 164 valence electrons. The molecule has 2 aromatic carbocycles. The predicted molar refractivity (Wildman–Crippen MR) is 126 cm³/mol. The predicted octanol–water partition coefficient (Wildman–Crippen LogP) is 5.83. The van der Waals surface area contributed by atoms with Gasteiger partial charge in [0.05, 0.1) is 19.2 Å². The topological polar surface area (TPSA) is 49.8 Å². The zero-order valence-corrected chi connectivity index (χ0v) is 19.1. The number of phenolic OH excluding ortho intramolecular Hbond substituents is 1. The monoisotopic (exact) mass is 419 g/mol. The number of methoxy groups -OCH3 is 1. The lowest BCUT2D eigenvalue weighted by Gasteiger charge is -2.15. The molecule has 0 bridgehead atoms. The van der Waals surface area contributed by atoms with E-state index in [1.807, 2.05) is 18.2 Å². The molecular weight excluding hydrogens is 386 g/mol. The zero-order chi connectivity index (χ0) is 22.4. The Morgan fingerprint density at radius 2 is 1.90 bits per heavy atom. The molecule has 4 heteroatoms. The molecule has 4 nitrogen and oxygen atoms in total. The third kappa shape index (κ3) is 5.57. The molecule has 0 radical (unpaired) electrons. The zero-order valence-electron chi connectivity index (χ0n) is 19.1. The standard InChI is InChI=1S/C27H33NO3/c1-19(2)9-8-10-20(3)13-14-22-25(31-4)17-23-24(26(22)29)18-28(27(23)30)16-15-21-11-6-5-7-12-21/h5-7,9,11-13,17,29H,8,10,14-16,18H2,1-4H3. The fourth-order valence-corrected chi connectivity index (χ4v) is 3.95. The number of fused-ring (bicyclic) bond motifs is 1. The summed E-state index contributed by atoms with van der Waals surface area (Å²) in [5, 5.41) is 11.0. The number of benzene rings is 2. The molecule has 1 aliphatic heterocycles. The number of rotatable bonds is 9. The van der Waals surface area contributed by atoms with Crippen LogP contribution in [0.4, 0.5) is 0 Å². The largest absolute Gasteiger partial charge is 0.507 e. The SMILES string of the molecule is COc1cc2c(c(O)c1CC=C(C)CCC=C(C)C)CN(CCc1ccccc1)C2=O. The van der Waals surface area contributed by atoms with Gasteiger partial charge in [-0.05, 0) is 58.1 Å². The van der Waals surface area contributed by atoms with Crippen molar-refractivity contribution in [2.24, 2.45) is 0 Å². The number of carbonyl (C=O) groups excluding carboxylic acids is 1. The van der Waals surface area contributed by atoms with Gasteiger partial charge in [0.2, 0.25) is 0 Å². The van der Waals surface area contributed by atoms with Gasteiger partial charge in [-0.15, -0.1) is 0 Å². The molecule has 0 atom stereocenters. The van der Waals surface area contributed by atoms with Gasteiger partial charge in [-0.3, -0.25) is 4.79 Å². The van der Waals surface area contributed by atoms with Crippen molar-refractivity contribution in [1.29, 1.82) is 0 Å². The van der Waals surface area contributed by atoms with Crippen molar-refractivity contribution in [2.45, 2.75) is 53.0 Å². The molecule has 3 rings (SSSR count). The lowest BCUT2D eigenvalue weighted by atomic mass is 9.99. The van der Waals surface area contributed by atoms with E-state index < -0.39 is 0 Å². The van der Waals surface area contributed by atoms with Gasteiger partial charge in [-0.1, -0.05) is 53.6 Å². The highest BCUT2D eigenvalue weighted by Crippen LogP contribution is 2.39. The summed E-state index contributed by atoms with van der Waals surface area (Å²) in [6.07, 6.45) is 7.76. The van der Waals surface area contributed by atoms with Gasteiger partial charge in [-0.2, -0.15) is 0 Å². The summed E-state index contributed by atoms with van der Waals surface area (Å²) in [4.78, 5) is 14.7. The van der Waals surface area contributed by atoms with E-state index in [2.05, 4.69) is 45.1 Å². The van der Waals surface area contributed by atoms with Gasteiger partial charge >= 0.3 is 0 Å². The maximum atomic E-state index is 12.9.